The van der Waals surface area contributed by atoms with Gasteiger partial charge in [-0.05, 0) is 36.6 Å². The first-order chi connectivity index (χ1) is 20.7. The third-order valence-electron chi connectivity index (χ3n) is 8.67. The Morgan fingerprint density at radius 3 is 2.47 bits per heavy atom. The van der Waals surface area contributed by atoms with Gasteiger partial charge in [0.2, 0.25) is 0 Å². The summed E-state index contributed by atoms with van der Waals surface area (Å²) in [6.07, 6.45) is -0.366. The molecular formula is C35H42N4O4. The summed E-state index contributed by atoms with van der Waals surface area (Å²) in [5.41, 5.74) is 5.36. The third kappa shape index (κ3) is 6.17. The number of aryl methyl sites for hydroxylation is 1. The van der Waals surface area contributed by atoms with E-state index in [0.29, 0.717) is 25.4 Å². The van der Waals surface area contributed by atoms with Gasteiger partial charge >= 0.3 is 6.03 Å². The Morgan fingerprint density at radius 1 is 1.05 bits per heavy atom. The zero-order valence-electron chi connectivity index (χ0n) is 25.7. The van der Waals surface area contributed by atoms with Crippen LogP contribution in [0, 0.1) is 5.92 Å². The second kappa shape index (κ2) is 13.0. The Labute approximate surface area is 253 Å². The molecule has 8 nitrogen and oxygen atoms in total. The lowest BCUT2D eigenvalue weighted by Gasteiger charge is -2.35. The number of aromatic nitrogens is 1. The number of nitrogens with zero attached hydrogens (tertiary/aromatic N) is 3. The van der Waals surface area contributed by atoms with Crippen LogP contribution in [-0.2, 0) is 18.4 Å². The number of ether oxygens (including phenoxy) is 1. The van der Waals surface area contributed by atoms with E-state index in [1.807, 2.05) is 111 Å². The van der Waals surface area contributed by atoms with Crippen LogP contribution < -0.4 is 5.32 Å². The van der Waals surface area contributed by atoms with Gasteiger partial charge < -0.3 is 29.5 Å². The minimum Gasteiger partial charge on any atom is -0.394 e. The number of benzene rings is 3. The number of rotatable bonds is 6. The van der Waals surface area contributed by atoms with Crippen LogP contribution >= 0.6 is 0 Å². The van der Waals surface area contributed by atoms with E-state index in [4.69, 9.17) is 4.74 Å². The van der Waals surface area contributed by atoms with Crippen molar-refractivity contribution >= 4 is 22.8 Å². The monoisotopic (exact) mass is 582 g/mol. The summed E-state index contributed by atoms with van der Waals surface area (Å²) < 4.78 is 8.59. The highest BCUT2D eigenvalue weighted by Gasteiger charge is 2.34. The lowest BCUT2D eigenvalue weighted by atomic mass is 9.96. The first-order valence-electron chi connectivity index (χ1n) is 15.0. The molecule has 43 heavy (non-hydrogen) atoms. The first-order valence-corrected chi connectivity index (χ1v) is 15.0. The van der Waals surface area contributed by atoms with Crippen molar-refractivity contribution in [2.45, 2.75) is 45.6 Å². The lowest BCUT2D eigenvalue weighted by molar-refractivity contribution is -0.0186. The number of nitrogens with one attached hydrogen (secondary N) is 1. The molecule has 1 aromatic heterocycles. The van der Waals surface area contributed by atoms with Crippen molar-refractivity contribution in [3.63, 3.8) is 0 Å². The number of aliphatic hydroxyl groups excluding tert-OH is 1. The number of urea groups is 1. The zero-order valence-corrected chi connectivity index (χ0v) is 25.7. The quantitative estimate of drug-likeness (QED) is 0.310. The van der Waals surface area contributed by atoms with Crippen LogP contribution in [0.5, 0.6) is 0 Å². The van der Waals surface area contributed by atoms with Crippen molar-refractivity contribution in [3.8, 4) is 11.1 Å². The number of hydrogen-bond acceptors (Lipinski definition) is 4. The summed E-state index contributed by atoms with van der Waals surface area (Å²) in [5, 5.41) is 14.3. The number of likely N-dealkylation sites (N-methyl/N-ethyl adjacent to an activating group) is 1. The van der Waals surface area contributed by atoms with E-state index >= 15 is 0 Å². The van der Waals surface area contributed by atoms with Crippen molar-refractivity contribution in [2.75, 3.05) is 26.7 Å². The van der Waals surface area contributed by atoms with Gasteiger partial charge in [-0.15, -0.1) is 0 Å². The molecule has 5 rings (SSSR count). The van der Waals surface area contributed by atoms with Crippen LogP contribution in [0.4, 0.5) is 4.79 Å². The summed E-state index contributed by atoms with van der Waals surface area (Å²) >= 11 is 0. The number of para-hydroxylation sites is 1. The van der Waals surface area contributed by atoms with Crippen molar-refractivity contribution in [3.05, 3.63) is 95.7 Å². The zero-order chi connectivity index (χ0) is 30.7. The highest BCUT2D eigenvalue weighted by Crippen LogP contribution is 2.38. The molecule has 4 atom stereocenters. The van der Waals surface area contributed by atoms with Crippen LogP contribution in [0.2, 0.25) is 0 Å². The van der Waals surface area contributed by atoms with Gasteiger partial charge in [0.25, 0.3) is 5.91 Å². The van der Waals surface area contributed by atoms with Gasteiger partial charge in [-0.25, -0.2) is 4.79 Å². The van der Waals surface area contributed by atoms with E-state index in [0.717, 1.165) is 33.2 Å². The first kappa shape index (κ1) is 30.3. The highest BCUT2D eigenvalue weighted by atomic mass is 16.5. The fourth-order valence-corrected chi connectivity index (χ4v) is 6.00. The van der Waals surface area contributed by atoms with E-state index in [1.165, 1.54) is 0 Å². The van der Waals surface area contributed by atoms with Gasteiger partial charge in [0, 0.05) is 49.6 Å². The molecule has 0 fully saturated rings. The SMILES string of the molecule is C[C@H](NC(=O)N(C)C[C@H]1OCc2ccccc2-c2c(n(C)c3ccccc23)C(=O)N([C@@H](C)CO)C[C@@H]1C)c1ccccc1. The predicted octanol–water partition coefficient (Wildman–Crippen LogP) is 5.61. The van der Waals surface area contributed by atoms with Gasteiger partial charge in [-0.1, -0.05) is 79.7 Å². The molecule has 0 saturated carbocycles. The van der Waals surface area contributed by atoms with Crippen molar-refractivity contribution in [1.82, 2.24) is 19.7 Å². The average molecular weight is 583 g/mol. The van der Waals surface area contributed by atoms with Crippen molar-refractivity contribution in [2.24, 2.45) is 13.0 Å². The lowest BCUT2D eigenvalue weighted by Crippen LogP contribution is -2.49. The Morgan fingerprint density at radius 2 is 1.72 bits per heavy atom. The molecule has 2 N–H and O–H groups in total. The van der Waals surface area contributed by atoms with Crippen LogP contribution in [0.25, 0.3) is 22.0 Å². The van der Waals surface area contributed by atoms with Crippen molar-refractivity contribution in [1.29, 1.82) is 0 Å². The normalized spacial score (nSPS) is 18.7. The van der Waals surface area contributed by atoms with Gasteiger partial charge in [-0.3, -0.25) is 4.79 Å². The summed E-state index contributed by atoms with van der Waals surface area (Å²) in [4.78, 5) is 31.1. The van der Waals surface area contributed by atoms with Crippen LogP contribution in [0.3, 0.4) is 0 Å². The minimum absolute atomic E-state index is 0.136. The summed E-state index contributed by atoms with van der Waals surface area (Å²) in [6.45, 7) is 6.72. The number of carbonyl (C=O) groups is 2. The molecule has 4 aromatic rings. The molecular weight excluding hydrogens is 540 g/mol. The van der Waals surface area contributed by atoms with Crippen LogP contribution in [0.1, 0.15) is 48.4 Å². The van der Waals surface area contributed by atoms with Crippen LogP contribution in [-0.4, -0.2) is 70.3 Å². The van der Waals surface area contributed by atoms with Gasteiger partial charge in [0.1, 0.15) is 5.69 Å². The Bertz CT molecular complexity index is 1580. The molecule has 1 aliphatic rings. The molecule has 8 heteroatoms. The van der Waals surface area contributed by atoms with Gasteiger partial charge in [0.05, 0.1) is 31.4 Å². The summed E-state index contributed by atoms with van der Waals surface area (Å²) in [5.74, 6) is -0.275. The molecule has 3 aromatic carbocycles. The molecule has 0 saturated heterocycles. The Balaban J connectivity index is 1.50. The number of aliphatic hydroxyl groups is 1. The second-order valence-corrected chi connectivity index (χ2v) is 11.7. The Kier molecular flexibility index (Phi) is 9.18. The van der Waals surface area contributed by atoms with Crippen LogP contribution in [0.15, 0.2) is 78.9 Å². The highest BCUT2D eigenvalue weighted by molar-refractivity contribution is 6.10. The predicted molar refractivity (Wildman–Crippen MR) is 170 cm³/mol. The maximum absolute atomic E-state index is 14.5. The smallest absolute Gasteiger partial charge is 0.317 e. The molecule has 2 heterocycles. The molecule has 226 valence electrons. The van der Waals surface area contributed by atoms with E-state index < -0.39 is 6.04 Å². The summed E-state index contributed by atoms with van der Waals surface area (Å²) in [6, 6.07) is 25.2. The number of hydrogen-bond donors (Lipinski definition) is 2. The maximum atomic E-state index is 14.5. The molecule has 0 spiro atoms. The Hall–Kier alpha value is -4.14. The molecule has 0 aliphatic carbocycles. The molecule has 3 amide bonds. The van der Waals surface area contributed by atoms with Gasteiger partial charge in [-0.2, -0.15) is 0 Å². The topological polar surface area (TPSA) is 87.0 Å². The van der Waals surface area contributed by atoms with Gasteiger partial charge in [0.15, 0.2) is 0 Å². The van der Waals surface area contributed by atoms with E-state index in [2.05, 4.69) is 5.32 Å². The van der Waals surface area contributed by atoms with Crippen molar-refractivity contribution < 1.29 is 19.4 Å². The van der Waals surface area contributed by atoms with E-state index in [9.17, 15) is 14.7 Å². The van der Waals surface area contributed by atoms with E-state index in [-0.39, 0.29) is 36.6 Å². The fourth-order valence-electron chi connectivity index (χ4n) is 6.00. The minimum atomic E-state index is -0.412. The number of amides is 3. The largest absolute Gasteiger partial charge is 0.394 e. The summed E-state index contributed by atoms with van der Waals surface area (Å²) in [7, 11) is 3.69. The molecule has 0 unspecified atom stereocenters. The average Bonchev–Trinajstić information content (AvgIpc) is 3.32. The third-order valence-corrected chi connectivity index (χ3v) is 8.67. The fraction of sp³-hybridized carbons (Fsp3) is 0.371. The maximum Gasteiger partial charge on any atom is 0.317 e. The molecule has 0 radical (unpaired) electrons. The van der Waals surface area contributed by atoms with E-state index in [1.54, 1.807) is 16.8 Å². The number of fused-ring (bicyclic) bond motifs is 5. The second-order valence-electron chi connectivity index (χ2n) is 11.7. The number of carbonyl (C=O) groups excluding carboxylic acids is 2. The molecule has 0 bridgehead atoms. The molecule has 1 aliphatic heterocycles. The standard InChI is InChI=1S/C35H42N4O4/c1-23-19-39(24(2)21-40)34(41)33-32(29-17-11-12-18-30(29)38(33)5)28-16-10-9-15-27(28)22-43-31(23)20-37(4)35(42)36-25(3)26-13-7-6-8-14-26/h6-18,23-25,31,40H,19-22H2,1-5H3,(H,36,42)/t23-,24-,25-,31+/m0/s1.